The topological polar surface area (TPSA) is 133 Å². The van der Waals surface area contributed by atoms with Gasteiger partial charge in [0, 0.05) is 12.5 Å². The molecule has 3 rings (SSSR count). The largest absolute Gasteiger partial charge is 0.467 e. The number of nitrogens with one attached hydrogen (secondary N) is 1. The summed E-state index contributed by atoms with van der Waals surface area (Å²) in [5.41, 5.74) is -1.65. The summed E-state index contributed by atoms with van der Waals surface area (Å²) in [6, 6.07) is 9.08. The maximum Gasteiger partial charge on any atom is 0.334 e. The summed E-state index contributed by atoms with van der Waals surface area (Å²) in [5, 5.41) is 23.7. The summed E-state index contributed by atoms with van der Waals surface area (Å²) in [5.74, 6) is -1.33. The Morgan fingerprint density at radius 3 is 2.59 bits per heavy atom. The highest BCUT2D eigenvalue weighted by Gasteiger charge is 2.60. The van der Waals surface area contributed by atoms with Gasteiger partial charge in [0.1, 0.15) is 18.3 Å². The molecule has 10 nitrogen and oxygen atoms in total. The molecule has 160 valence electrons. The third-order valence-corrected chi connectivity index (χ3v) is 4.80. The van der Waals surface area contributed by atoms with Crippen molar-refractivity contribution in [3.63, 3.8) is 0 Å². The molecular formula is C19H25NO9. The van der Waals surface area contributed by atoms with Crippen LogP contribution < -0.4 is 5.32 Å². The van der Waals surface area contributed by atoms with Gasteiger partial charge in [-0.1, -0.05) is 30.3 Å². The molecule has 0 aliphatic carbocycles. The Hall–Kier alpha value is -2.08. The van der Waals surface area contributed by atoms with Crippen LogP contribution in [0.2, 0.25) is 0 Å². The first-order valence-corrected chi connectivity index (χ1v) is 9.16. The smallest absolute Gasteiger partial charge is 0.334 e. The van der Waals surface area contributed by atoms with Crippen molar-refractivity contribution in [2.45, 2.75) is 56.6 Å². The van der Waals surface area contributed by atoms with Crippen molar-refractivity contribution in [3.05, 3.63) is 35.9 Å². The number of carbonyl (C=O) groups excluding carboxylic acids is 2. The van der Waals surface area contributed by atoms with E-state index in [9.17, 15) is 19.8 Å². The summed E-state index contributed by atoms with van der Waals surface area (Å²) in [4.78, 5) is 23.6. The van der Waals surface area contributed by atoms with Crippen molar-refractivity contribution in [1.82, 2.24) is 5.32 Å². The van der Waals surface area contributed by atoms with Gasteiger partial charge in [0.05, 0.1) is 13.7 Å². The van der Waals surface area contributed by atoms with E-state index in [4.69, 9.17) is 18.9 Å². The van der Waals surface area contributed by atoms with Crippen molar-refractivity contribution in [3.8, 4) is 0 Å². The second kappa shape index (κ2) is 8.74. The van der Waals surface area contributed by atoms with Gasteiger partial charge in [-0.2, -0.15) is 0 Å². The van der Waals surface area contributed by atoms with E-state index in [1.165, 1.54) is 14.0 Å². The van der Waals surface area contributed by atoms with Gasteiger partial charge in [-0.15, -0.1) is 0 Å². The molecular weight excluding hydrogens is 386 g/mol. The molecule has 2 saturated heterocycles. The van der Waals surface area contributed by atoms with Crippen LogP contribution in [0.15, 0.2) is 30.3 Å². The average molecular weight is 411 g/mol. The molecule has 0 radical (unpaired) electrons. The molecule has 3 N–H and O–H groups in total. The summed E-state index contributed by atoms with van der Waals surface area (Å²) in [7, 11) is 1.19. The highest BCUT2D eigenvalue weighted by Crippen LogP contribution is 2.38. The molecule has 0 saturated carbocycles. The number of aliphatic hydroxyl groups is 2. The highest BCUT2D eigenvalue weighted by molar-refractivity contribution is 5.74. The molecule has 0 spiro atoms. The highest BCUT2D eigenvalue weighted by atomic mass is 16.7. The molecule has 2 aliphatic rings. The Morgan fingerprint density at radius 2 is 1.97 bits per heavy atom. The zero-order valence-corrected chi connectivity index (χ0v) is 16.3. The van der Waals surface area contributed by atoms with Crippen LogP contribution in [-0.4, -0.2) is 72.2 Å². The number of ether oxygens (including phenoxy) is 5. The molecule has 7 atom stereocenters. The molecule has 1 aromatic rings. The Kier molecular flexibility index (Phi) is 6.52. The van der Waals surface area contributed by atoms with Crippen LogP contribution in [0, 0.1) is 0 Å². The lowest BCUT2D eigenvalue weighted by Crippen LogP contribution is -2.75. The van der Waals surface area contributed by atoms with Crippen LogP contribution in [0.1, 0.15) is 25.7 Å². The van der Waals surface area contributed by atoms with Gasteiger partial charge in [-0.3, -0.25) is 4.79 Å². The molecule has 2 heterocycles. The minimum atomic E-state index is -2.37. The van der Waals surface area contributed by atoms with Crippen molar-refractivity contribution < 1.29 is 43.5 Å². The van der Waals surface area contributed by atoms with E-state index >= 15 is 0 Å². The fourth-order valence-corrected chi connectivity index (χ4v) is 3.41. The first kappa shape index (κ1) is 21.6. The van der Waals surface area contributed by atoms with Gasteiger partial charge in [0.25, 0.3) is 0 Å². The van der Waals surface area contributed by atoms with E-state index in [2.05, 4.69) is 10.1 Å². The number of esters is 1. The predicted molar refractivity (Wildman–Crippen MR) is 96.0 cm³/mol. The molecule has 29 heavy (non-hydrogen) atoms. The minimum absolute atomic E-state index is 0.0317. The predicted octanol–water partition coefficient (Wildman–Crippen LogP) is -0.411. The Labute approximate surface area is 167 Å². The zero-order valence-electron chi connectivity index (χ0n) is 16.3. The molecule has 1 amide bonds. The van der Waals surface area contributed by atoms with Gasteiger partial charge >= 0.3 is 5.97 Å². The number of methoxy groups -OCH3 is 1. The number of hydrogen-bond acceptors (Lipinski definition) is 9. The molecule has 1 unspecified atom stereocenters. The van der Waals surface area contributed by atoms with Crippen molar-refractivity contribution in [1.29, 1.82) is 0 Å². The first-order valence-electron chi connectivity index (χ1n) is 9.16. The maximum atomic E-state index is 11.9. The average Bonchev–Trinajstić information content (AvgIpc) is 2.70. The second-order valence-electron chi connectivity index (χ2n) is 6.93. The molecule has 2 fully saturated rings. The van der Waals surface area contributed by atoms with Crippen LogP contribution in [0.4, 0.5) is 0 Å². The molecule has 0 aromatic heterocycles. The Bertz CT molecular complexity index is 730. The molecule has 2 aliphatic heterocycles. The van der Waals surface area contributed by atoms with Gasteiger partial charge in [-0.25, -0.2) is 4.79 Å². The second-order valence-corrected chi connectivity index (χ2v) is 6.93. The summed E-state index contributed by atoms with van der Waals surface area (Å²) in [6.45, 7) is 2.62. The molecule has 10 heteroatoms. The lowest BCUT2D eigenvalue weighted by Gasteiger charge is -2.52. The fourth-order valence-electron chi connectivity index (χ4n) is 3.41. The van der Waals surface area contributed by atoms with E-state index in [0.717, 1.165) is 12.5 Å². The van der Waals surface area contributed by atoms with Crippen LogP contribution in [0.5, 0.6) is 0 Å². The van der Waals surface area contributed by atoms with Crippen molar-refractivity contribution in [2.24, 2.45) is 0 Å². The third kappa shape index (κ3) is 4.42. The van der Waals surface area contributed by atoms with Crippen LogP contribution in [0.3, 0.4) is 0 Å². The van der Waals surface area contributed by atoms with Crippen LogP contribution in [0.25, 0.3) is 0 Å². The fraction of sp³-hybridized carbons (Fsp3) is 0.579. The third-order valence-electron chi connectivity index (χ3n) is 4.80. The lowest BCUT2D eigenvalue weighted by atomic mass is 9.91. The van der Waals surface area contributed by atoms with Gasteiger partial charge < -0.3 is 39.2 Å². The van der Waals surface area contributed by atoms with E-state index in [1.807, 2.05) is 18.2 Å². The van der Waals surface area contributed by atoms with E-state index < -0.39 is 54.6 Å². The summed E-state index contributed by atoms with van der Waals surface area (Å²) >= 11 is 0. The Balaban J connectivity index is 1.92. The van der Waals surface area contributed by atoms with E-state index in [0.29, 0.717) is 0 Å². The zero-order chi connectivity index (χ0) is 21.2. The van der Waals surface area contributed by atoms with Gasteiger partial charge in [0.15, 0.2) is 12.4 Å². The molecule has 1 aromatic carbocycles. The maximum absolute atomic E-state index is 11.9. The number of aliphatic hydroxyl groups excluding tert-OH is 1. The monoisotopic (exact) mass is 411 g/mol. The van der Waals surface area contributed by atoms with Crippen LogP contribution >= 0.6 is 0 Å². The number of hydrogen-bond donors (Lipinski definition) is 3. The molecule has 0 bridgehead atoms. The number of rotatable bonds is 5. The number of carbonyl (C=O) groups is 2. The SMILES string of the molecule is COC(=O)[C@@H](C)O[C@H]1[C@@H]2OC(c3ccccc3)OC[C@H]2O[C@H](O)[C@@]1(O)NC(C)=O. The van der Waals surface area contributed by atoms with Crippen LogP contribution in [-0.2, 0) is 33.3 Å². The number of amides is 1. The van der Waals surface area contributed by atoms with Gasteiger partial charge in [0.2, 0.25) is 17.9 Å². The normalized spacial score (nSPS) is 35.3. The summed E-state index contributed by atoms with van der Waals surface area (Å²) in [6.07, 6.45) is -6.89. The minimum Gasteiger partial charge on any atom is -0.467 e. The lowest BCUT2D eigenvalue weighted by molar-refractivity contribution is -0.391. The summed E-state index contributed by atoms with van der Waals surface area (Å²) < 4.78 is 27.5. The first-order chi connectivity index (χ1) is 13.8. The van der Waals surface area contributed by atoms with E-state index in [1.54, 1.807) is 12.1 Å². The van der Waals surface area contributed by atoms with Crippen molar-refractivity contribution in [2.75, 3.05) is 13.7 Å². The Morgan fingerprint density at radius 1 is 1.28 bits per heavy atom. The standard InChI is InChI=1S/C19H25NO9/c1-10(16(22)25-3)27-15-14-13(28-18(23)19(15,24)20-11(2)21)9-26-17(29-14)12-7-5-4-6-8-12/h4-8,10,13-15,17-18,23-24H,9H2,1-3H3,(H,20,21)/t10-,13-,14-,15+,17?,18+,19-/m1/s1. The van der Waals surface area contributed by atoms with Gasteiger partial charge in [-0.05, 0) is 6.92 Å². The van der Waals surface area contributed by atoms with E-state index in [-0.39, 0.29) is 6.61 Å². The quantitative estimate of drug-likeness (QED) is 0.437. The number of benzene rings is 1. The number of fused-ring (bicyclic) bond motifs is 1. The van der Waals surface area contributed by atoms with Crippen molar-refractivity contribution >= 4 is 11.9 Å².